The van der Waals surface area contributed by atoms with Crippen molar-refractivity contribution in [1.82, 2.24) is 20.0 Å². The number of nitrogens with one attached hydrogen (secondary N) is 1. The van der Waals surface area contributed by atoms with E-state index in [-0.39, 0.29) is 24.8 Å². The van der Waals surface area contributed by atoms with Crippen molar-refractivity contribution in [3.63, 3.8) is 0 Å². The number of rotatable bonds is 3. The summed E-state index contributed by atoms with van der Waals surface area (Å²) in [6.07, 6.45) is 9.69. The minimum Gasteiger partial charge on any atom is -0.365 e. The van der Waals surface area contributed by atoms with E-state index in [1.54, 1.807) is 0 Å². The number of nitrogens with zero attached hydrogens (tertiary/aromatic N) is 4. The first-order chi connectivity index (χ1) is 11.2. The number of aromatic nitrogens is 2. The van der Waals surface area contributed by atoms with Crippen LogP contribution in [-0.4, -0.2) is 58.9 Å². The molecule has 1 aromatic heterocycles. The van der Waals surface area contributed by atoms with Gasteiger partial charge in [0, 0.05) is 57.9 Å². The number of piperazine rings is 1. The molecule has 4 rings (SSSR count). The van der Waals surface area contributed by atoms with Crippen LogP contribution in [-0.2, 0) is 11.8 Å². The third-order valence-electron chi connectivity index (χ3n) is 5.72. The maximum Gasteiger partial charge on any atom is 0.222 e. The summed E-state index contributed by atoms with van der Waals surface area (Å²) in [4.78, 5) is 17.0. The average Bonchev–Trinajstić information content (AvgIpc) is 3.13. The Bertz CT molecular complexity index is 561. The average molecular weight is 390 g/mol. The van der Waals surface area contributed by atoms with E-state index in [0.29, 0.717) is 23.9 Å². The fourth-order valence-electron chi connectivity index (χ4n) is 4.50. The summed E-state index contributed by atoms with van der Waals surface area (Å²) < 4.78 is 1.83. The lowest BCUT2D eigenvalue weighted by Crippen LogP contribution is -2.49. The summed E-state index contributed by atoms with van der Waals surface area (Å²) >= 11 is 0. The molecule has 2 unspecified atom stereocenters. The Hall–Kier alpha value is -0.980. The first-order valence-electron chi connectivity index (χ1n) is 8.95. The number of halogens is 2. The Morgan fingerprint density at radius 1 is 1.16 bits per heavy atom. The van der Waals surface area contributed by atoms with Crippen LogP contribution in [0.15, 0.2) is 12.4 Å². The second-order valence-electron chi connectivity index (χ2n) is 7.42. The van der Waals surface area contributed by atoms with Crippen molar-refractivity contribution < 1.29 is 4.79 Å². The van der Waals surface area contributed by atoms with Crippen LogP contribution in [0.2, 0.25) is 0 Å². The van der Waals surface area contributed by atoms with E-state index in [0.717, 1.165) is 38.3 Å². The highest BCUT2D eigenvalue weighted by atomic mass is 35.5. The molecule has 2 bridgehead atoms. The van der Waals surface area contributed by atoms with E-state index >= 15 is 0 Å². The molecule has 3 fully saturated rings. The highest BCUT2D eigenvalue weighted by molar-refractivity contribution is 5.85. The normalized spacial score (nSPS) is 28.3. The quantitative estimate of drug-likeness (QED) is 0.856. The number of aryl methyl sites for hydroxylation is 1. The van der Waals surface area contributed by atoms with E-state index in [4.69, 9.17) is 0 Å². The van der Waals surface area contributed by atoms with Gasteiger partial charge >= 0.3 is 0 Å². The molecule has 3 aliphatic rings. The molecule has 0 spiro atoms. The van der Waals surface area contributed by atoms with Crippen LogP contribution in [0.4, 0.5) is 5.69 Å². The van der Waals surface area contributed by atoms with Crippen LogP contribution in [0.1, 0.15) is 32.1 Å². The zero-order valence-electron chi connectivity index (χ0n) is 14.8. The molecular weight excluding hydrogens is 361 g/mol. The second kappa shape index (κ2) is 8.60. The largest absolute Gasteiger partial charge is 0.365 e. The zero-order valence-corrected chi connectivity index (χ0v) is 16.4. The number of hydrogen-bond acceptors (Lipinski definition) is 4. The molecule has 3 saturated heterocycles. The van der Waals surface area contributed by atoms with Crippen molar-refractivity contribution in [2.24, 2.45) is 13.0 Å². The van der Waals surface area contributed by atoms with E-state index in [1.165, 1.54) is 25.7 Å². The number of hydrogen-bond donors (Lipinski definition) is 1. The van der Waals surface area contributed by atoms with Crippen molar-refractivity contribution in [3.8, 4) is 0 Å². The van der Waals surface area contributed by atoms with Crippen LogP contribution in [0.5, 0.6) is 0 Å². The van der Waals surface area contributed by atoms with E-state index < -0.39 is 0 Å². The van der Waals surface area contributed by atoms with Gasteiger partial charge in [-0.05, 0) is 31.6 Å². The van der Waals surface area contributed by atoms with Gasteiger partial charge in [0.1, 0.15) is 0 Å². The molecule has 0 saturated carbocycles. The van der Waals surface area contributed by atoms with Crippen LogP contribution in [0.3, 0.4) is 0 Å². The Kier molecular flexibility index (Phi) is 7.00. The van der Waals surface area contributed by atoms with Gasteiger partial charge < -0.3 is 15.1 Å². The monoisotopic (exact) mass is 389 g/mol. The third kappa shape index (κ3) is 4.60. The van der Waals surface area contributed by atoms with Crippen molar-refractivity contribution in [2.75, 3.05) is 31.1 Å². The van der Waals surface area contributed by atoms with Gasteiger partial charge in [-0.3, -0.25) is 9.48 Å². The van der Waals surface area contributed by atoms with Crippen LogP contribution >= 0.6 is 24.8 Å². The summed E-state index contributed by atoms with van der Waals surface area (Å²) in [5.74, 6) is 0.958. The predicted octanol–water partition coefficient (Wildman–Crippen LogP) is 1.83. The molecule has 25 heavy (non-hydrogen) atoms. The van der Waals surface area contributed by atoms with Crippen molar-refractivity contribution in [2.45, 2.75) is 44.2 Å². The SMILES string of the molecule is Cl.Cl.Cn1cc(N2CCN(C(=O)CC3CC4CCC(C3)N4)CC2)cn1. The number of carbonyl (C=O) groups is 1. The molecule has 1 amide bonds. The number of fused-ring (bicyclic) bond motifs is 2. The standard InChI is InChI=1S/C17H27N5O.2ClH/c1-20-12-16(11-18-20)21-4-6-22(7-5-21)17(23)10-13-8-14-2-3-15(9-13)19-14;;/h11-15,19H,2-10H2,1H3;2*1H. The molecule has 0 aliphatic carbocycles. The topological polar surface area (TPSA) is 53.4 Å². The lowest BCUT2D eigenvalue weighted by molar-refractivity contribution is -0.132. The molecule has 4 heterocycles. The van der Waals surface area contributed by atoms with Gasteiger partial charge in [0.25, 0.3) is 0 Å². The maximum atomic E-state index is 12.6. The Balaban J connectivity index is 0.00000113. The molecule has 6 nitrogen and oxygen atoms in total. The molecule has 0 radical (unpaired) electrons. The summed E-state index contributed by atoms with van der Waals surface area (Å²) in [5, 5.41) is 7.89. The number of piperidine rings is 1. The van der Waals surface area contributed by atoms with Gasteiger partial charge in [0.05, 0.1) is 11.9 Å². The molecule has 2 atom stereocenters. The first kappa shape index (κ1) is 20.3. The van der Waals surface area contributed by atoms with Crippen molar-refractivity contribution in [3.05, 3.63) is 12.4 Å². The molecule has 0 aromatic carbocycles. The molecule has 1 N–H and O–H groups in total. The molecule has 3 aliphatic heterocycles. The molecule has 142 valence electrons. The van der Waals surface area contributed by atoms with Crippen LogP contribution in [0.25, 0.3) is 0 Å². The summed E-state index contributed by atoms with van der Waals surface area (Å²) in [7, 11) is 1.94. The lowest BCUT2D eigenvalue weighted by Gasteiger charge is -2.36. The lowest BCUT2D eigenvalue weighted by atomic mass is 9.89. The van der Waals surface area contributed by atoms with E-state index in [1.807, 2.05) is 24.1 Å². The number of carbonyl (C=O) groups excluding carboxylic acids is 1. The van der Waals surface area contributed by atoms with Gasteiger partial charge in [0.15, 0.2) is 0 Å². The highest BCUT2D eigenvalue weighted by Gasteiger charge is 2.35. The van der Waals surface area contributed by atoms with Gasteiger partial charge in [0.2, 0.25) is 5.91 Å². The van der Waals surface area contributed by atoms with Gasteiger partial charge in [-0.1, -0.05) is 0 Å². The number of anilines is 1. The summed E-state index contributed by atoms with van der Waals surface area (Å²) in [6.45, 7) is 3.50. The smallest absolute Gasteiger partial charge is 0.222 e. The summed E-state index contributed by atoms with van der Waals surface area (Å²) in [6, 6.07) is 1.35. The zero-order chi connectivity index (χ0) is 15.8. The fourth-order valence-corrected chi connectivity index (χ4v) is 4.50. The minimum atomic E-state index is 0. The van der Waals surface area contributed by atoms with Crippen molar-refractivity contribution >= 4 is 36.4 Å². The fraction of sp³-hybridized carbons (Fsp3) is 0.765. The summed E-state index contributed by atoms with van der Waals surface area (Å²) in [5.41, 5.74) is 1.16. The first-order valence-corrected chi connectivity index (χ1v) is 8.95. The minimum absolute atomic E-state index is 0. The molecular formula is C17H29Cl2N5O. The third-order valence-corrected chi connectivity index (χ3v) is 5.72. The van der Waals surface area contributed by atoms with Gasteiger partial charge in [-0.25, -0.2) is 0 Å². The van der Waals surface area contributed by atoms with Crippen LogP contribution in [0, 0.1) is 5.92 Å². The van der Waals surface area contributed by atoms with Crippen molar-refractivity contribution in [1.29, 1.82) is 0 Å². The Morgan fingerprint density at radius 3 is 2.36 bits per heavy atom. The Morgan fingerprint density at radius 2 is 1.80 bits per heavy atom. The van der Waals surface area contributed by atoms with E-state index in [9.17, 15) is 4.79 Å². The van der Waals surface area contributed by atoms with Gasteiger partial charge in [-0.2, -0.15) is 5.10 Å². The highest BCUT2D eigenvalue weighted by Crippen LogP contribution is 2.33. The Labute approximate surface area is 162 Å². The predicted molar refractivity (Wildman–Crippen MR) is 104 cm³/mol. The van der Waals surface area contributed by atoms with Crippen LogP contribution < -0.4 is 10.2 Å². The number of amides is 1. The molecule has 8 heteroatoms. The maximum absolute atomic E-state index is 12.6. The second-order valence-corrected chi connectivity index (χ2v) is 7.42. The molecule has 1 aromatic rings. The van der Waals surface area contributed by atoms with E-state index in [2.05, 4.69) is 20.2 Å². The van der Waals surface area contributed by atoms with Gasteiger partial charge in [-0.15, -0.1) is 24.8 Å².